The van der Waals surface area contributed by atoms with Gasteiger partial charge in [-0.1, -0.05) is 12.1 Å². The van der Waals surface area contributed by atoms with Crippen molar-refractivity contribution < 1.29 is 14.3 Å². The summed E-state index contributed by atoms with van der Waals surface area (Å²) >= 11 is 0. The Bertz CT molecular complexity index is 839. The predicted octanol–water partition coefficient (Wildman–Crippen LogP) is 2.68. The number of piperidine rings is 2. The van der Waals surface area contributed by atoms with Crippen LogP contribution < -0.4 is 4.90 Å². The van der Waals surface area contributed by atoms with E-state index in [1.807, 2.05) is 18.2 Å². The molecule has 2 aliphatic rings. The second kappa shape index (κ2) is 8.22. The number of hydrogen-bond donors (Lipinski definition) is 1. The Hall–Kier alpha value is -2.54. The minimum absolute atomic E-state index is 0.0796. The Balaban J connectivity index is 1.54. The fourth-order valence-corrected chi connectivity index (χ4v) is 3.85. The van der Waals surface area contributed by atoms with E-state index >= 15 is 0 Å². The Kier molecular flexibility index (Phi) is 5.52. The maximum Gasteiger partial charge on any atom is 0.253 e. The highest BCUT2D eigenvalue weighted by Crippen LogP contribution is 2.23. The first-order valence-electron chi connectivity index (χ1n) is 9.90. The molecule has 28 heavy (non-hydrogen) atoms. The van der Waals surface area contributed by atoms with Gasteiger partial charge in [0.2, 0.25) is 0 Å². The van der Waals surface area contributed by atoms with Gasteiger partial charge in [-0.25, -0.2) is 14.4 Å². The lowest BCUT2D eigenvalue weighted by atomic mass is 10.1. The van der Waals surface area contributed by atoms with Crippen LogP contribution in [0.1, 0.15) is 36.0 Å². The van der Waals surface area contributed by atoms with Gasteiger partial charge < -0.3 is 14.9 Å². The zero-order valence-corrected chi connectivity index (χ0v) is 15.8. The molecular weight excluding hydrogens is 359 g/mol. The largest absolute Gasteiger partial charge is 0.391 e. The number of nitrogens with zero attached hydrogens (tertiary/aromatic N) is 4. The van der Waals surface area contributed by atoms with Gasteiger partial charge in [-0.3, -0.25) is 4.79 Å². The number of amides is 1. The molecule has 2 fully saturated rings. The first-order valence-corrected chi connectivity index (χ1v) is 9.90. The lowest BCUT2D eigenvalue weighted by Gasteiger charge is -2.31. The summed E-state index contributed by atoms with van der Waals surface area (Å²) in [7, 11) is 0. The summed E-state index contributed by atoms with van der Waals surface area (Å²) in [5.41, 5.74) is 1.34. The van der Waals surface area contributed by atoms with Crippen LogP contribution in [0, 0.1) is 0 Å². The molecule has 2 aromatic rings. The van der Waals surface area contributed by atoms with Crippen molar-refractivity contribution in [2.24, 2.45) is 0 Å². The van der Waals surface area contributed by atoms with Crippen molar-refractivity contribution in [1.29, 1.82) is 0 Å². The molecule has 1 aromatic heterocycles. The zero-order valence-electron chi connectivity index (χ0n) is 15.8. The van der Waals surface area contributed by atoms with Gasteiger partial charge in [0.15, 0.2) is 5.82 Å². The molecule has 7 heteroatoms. The Morgan fingerprint density at radius 3 is 2.75 bits per heavy atom. The van der Waals surface area contributed by atoms with Crippen molar-refractivity contribution in [1.82, 2.24) is 14.9 Å². The molecule has 6 nitrogen and oxygen atoms in total. The van der Waals surface area contributed by atoms with Crippen LogP contribution in [0.5, 0.6) is 0 Å². The summed E-state index contributed by atoms with van der Waals surface area (Å²) in [6.45, 7) is 2.33. The number of halogens is 1. The molecule has 0 radical (unpaired) electrons. The van der Waals surface area contributed by atoms with Crippen LogP contribution in [-0.4, -0.2) is 64.3 Å². The van der Waals surface area contributed by atoms with Crippen molar-refractivity contribution in [3.8, 4) is 11.4 Å². The van der Waals surface area contributed by atoms with Crippen molar-refractivity contribution in [2.75, 3.05) is 31.1 Å². The molecule has 1 unspecified atom stereocenters. The Morgan fingerprint density at radius 2 is 1.96 bits per heavy atom. The second-order valence-electron chi connectivity index (χ2n) is 7.53. The molecule has 2 aliphatic heterocycles. The summed E-state index contributed by atoms with van der Waals surface area (Å²) in [5, 5.41) is 9.91. The summed E-state index contributed by atoms with van der Waals surface area (Å²) in [6, 6.07) is 9.13. The predicted molar refractivity (Wildman–Crippen MR) is 105 cm³/mol. The van der Waals surface area contributed by atoms with Crippen molar-refractivity contribution >= 4 is 11.7 Å². The monoisotopic (exact) mass is 384 g/mol. The minimum atomic E-state index is -0.806. The summed E-state index contributed by atoms with van der Waals surface area (Å²) in [6.07, 6.45) is 3.12. The van der Waals surface area contributed by atoms with Crippen LogP contribution in [0.3, 0.4) is 0 Å². The van der Waals surface area contributed by atoms with Gasteiger partial charge in [0.25, 0.3) is 5.91 Å². The van der Waals surface area contributed by atoms with Crippen LogP contribution in [-0.2, 0) is 0 Å². The molecule has 3 heterocycles. The fourth-order valence-electron chi connectivity index (χ4n) is 3.85. The smallest absolute Gasteiger partial charge is 0.253 e. The molecule has 0 saturated carbocycles. The van der Waals surface area contributed by atoms with Gasteiger partial charge in [0, 0.05) is 43.5 Å². The zero-order chi connectivity index (χ0) is 19.5. The summed E-state index contributed by atoms with van der Waals surface area (Å²) < 4.78 is 13.3. The second-order valence-corrected chi connectivity index (χ2v) is 7.53. The number of aliphatic hydroxyl groups excluding tert-OH is 1. The number of carbonyl (C=O) groups is 1. The van der Waals surface area contributed by atoms with E-state index in [9.17, 15) is 14.3 Å². The van der Waals surface area contributed by atoms with Crippen molar-refractivity contribution in [3.63, 3.8) is 0 Å². The van der Waals surface area contributed by atoms with E-state index in [0.717, 1.165) is 30.8 Å². The average molecular weight is 384 g/mol. The Labute approximate surface area is 164 Å². The molecule has 1 N–H and O–H groups in total. The van der Waals surface area contributed by atoms with E-state index in [0.29, 0.717) is 43.9 Å². The highest BCUT2D eigenvalue weighted by atomic mass is 19.1. The van der Waals surface area contributed by atoms with E-state index in [1.165, 1.54) is 0 Å². The van der Waals surface area contributed by atoms with Crippen molar-refractivity contribution in [2.45, 2.75) is 38.0 Å². The van der Waals surface area contributed by atoms with Gasteiger partial charge >= 0.3 is 0 Å². The van der Waals surface area contributed by atoms with E-state index < -0.39 is 6.17 Å². The quantitative estimate of drug-likeness (QED) is 0.881. The first-order chi connectivity index (χ1) is 13.6. The molecule has 1 amide bonds. The third kappa shape index (κ3) is 4.14. The molecule has 4 rings (SSSR count). The molecule has 1 aromatic carbocycles. The van der Waals surface area contributed by atoms with Crippen LogP contribution >= 0.6 is 0 Å². The highest BCUT2D eigenvalue weighted by molar-refractivity contribution is 5.95. The van der Waals surface area contributed by atoms with Gasteiger partial charge in [-0.05, 0) is 43.9 Å². The maximum atomic E-state index is 13.3. The molecule has 1 atom stereocenters. The van der Waals surface area contributed by atoms with Gasteiger partial charge in [0.1, 0.15) is 12.0 Å². The number of anilines is 1. The van der Waals surface area contributed by atoms with Crippen LogP contribution in [0.15, 0.2) is 36.5 Å². The molecule has 0 aliphatic carbocycles. The molecule has 2 saturated heterocycles. The number of rotatable bonds is 3. The van der Waals surface area contributed by atoms with Crippen LogP contribution in [0.25, 0.3) is 11.4 Å². The van der Waals surface area contributed by atoms with Crippen LogP contribution in [0.4, 0.5) is 10.2 Å². The van der Waals surface area contributed by atoms with E-state index in [1.54, 1.807) is 23.2 Å². The fraction of sp³-hybridized carbons (Fsp3) is 0.476. The third-order valence-electron chi connectivity index (χ3n) is 5.44. The number of benzene rings is 1. The lowest BCUT2D eigenvalue weighted by molar-refractivity contribution is 0.0667. The molecule has 148 valence electrons. The maximum absolute atomic E-state index is 13.3. The van der Waals surface area contributed by atoms with E-state index in [4.69, 9.17) is 0 Å². The topological polar surface area (TPSA) is 69.6 Å². The van der Waals surface area contributed by atoms with Gasteiger partial charge in [0.05, 0.1) is 6.10 Å². The SMILES string of the molecule is O=C(c1cccc(-c2nccc(N3CCCC(O)C3)n2)c1)N1CCC(F)CC1. The number of likely N-dealkylation sites (tertiary alicyclic amines) is 1. The lowest BCUT2D eigenvalue weighted by Crippen LogP contribution is -2.39. The molecule has 0 spiro atoms. The molecule has 0 bridgehead atoms. The van der Waals surface area contributed by atoms with Gasteiger partial charge in [-0.15, -0.1) is 0 Å². The standard InChI is InChI=1S/C21H25FN4O2/c22-17-7-11-25(12-8-17)21(28)16-4-1-3-15(13-16)20-23-9-6-19(24-20)26-10-2-5-18(27)14-26/h1,3-4,6,9,13,17-18,27H,2,5,7-8,10-12,14H2. The number of aliphatic hydroxyl groups is 1. The highest BCUT2D eigenvalue weighted by Gasteiger charge is 2.24. The number of hydrogen-bond acceptors (Lipinski definition) is 5. The third-order valence-corrected chi connectivity index (χ3v) is 5.44. The normalized spacial score (nSPS) is 21.0. The number of alkyl halides is 1. The summed E-state index contributed by atoms with van der Waals surface area (Å²) in [5.74, 6) is 1.25. The van der Waals surface area contributed by atoms with Crippen LogP contribution in [0.2, 0.25) is 0 Å². The first kappa shape index (κ1) is 18.8. The van der Waals surface area contributed by atoms with E-state index in [2.05, 4.69) is 14.9 Å². The van der Waals surface area contributed by atoms with Crippen molar-refractivity contribution in [3.05, 3.63) is 42.1 Å². The average Bonchev–Trinajstić information content (AvgIpc) is 2.74. The number of carbonyl (C=O) groups excluding carboxylic acids is 1. The number of aromatic nitrogens is 2. The Morgan fingerprint density at radius 1 is 1.14 bits per heavy atom. The minimum Gasteiger partial charge on any atom is -0.391 e. The summed E-state index contributed by atoms with van der Waals surface area (Å²) in [4.78, 5) is 25.6. The molecular formula is C21H25FN4O2. The van der Waals surface area contributed by atoms with E-state index in [-0.39, 0.29) is 12.0 Å². The van der Waals surface area contributed by atoms with Gasteiger partial charge in [-0.2, -0.15) is 0 Å². The number of β-amino-alcohol motifs (C(OH)–C–C–N with tert-alkyl or cyclic N) is 1.